The van der Waals surface area contributed by atoms with Gasteiger partial charge in [0.05, 0.1) is 5.92 Å². The Morgan fingerprint density at radius 3 is 2.68 bits per heavy atom. The number of aromatic nitrogens is 1. The van der Waals surface area contributed by atoms with Gasteiger partial charge in [0.1, 0.15) is 6.61 Å². The van der Waals surface area contributed by atoms with Gasteiger partial charge in [0.15, 0.2) is 0 Å². The van der Waals surface area contributed by atoms with E-state index in [-0.39, 0.29) is 29.8 Å². The van der Waals surface area contributed by atoms with Gasteiger partial charge in [0, 0.05) is 50.4 Å². The summed E-state index contributed by atoms with van der Waals surface area (Å²) in [6, 6.07) is 3.72. The number of piperidine rings is 1. The standard InChI is InChI=1S/C19H26N4O5/c1-12-10-22(19(26)27)11-13(2)23(12)7-8-28-17-9-14(5-6-20-17)15-3-4-16(24)21-18(15)25/h5-6,9,12-13,15H,3-4,7-8,10-11H2,1-2H3,(H,26,27)(H,21,24,25)/t12-,13?,15?/m0/s1. The Balaban J connectivity index is 1.55. The molecule has 1 aromatic heterocycles. The molecule has 3 atom stereocenters. The van der Waals surface area contributed by atoms with Crippen LogP contribution in [0, 0.1) is 0 Å². The summed E-state index contributed by atoms with van der Waals surface area (Å²) in [7, 11) is 0. The molecule has 0 bridgehead atoms. The van der Waals surface area contributed by atoms with E-state index < -0.39 is 6.09 Å². The molecule has 152 valence electrons. The van der Waals surface area contributed by atoms with Crippen LogP contribution in [0.15, 0.2) is 18.3 Å². The molecular formula is C19H26N4O5. The van der Waals surface area contributed by atoms with E-state index in [0.29, 0.717) is 45.0 Å². The van der Waals surface area contributed by atoms with Crippen LogP contribution in [0.2, 0.25) is 0 Å². The smallest absolute Gasteiger partial charge is 0.407 e. The average Bonchev–Trinajstić information content (AvgIpc) is 2.64. The van der Waals surface area contributed by atoms with E-state index in [1.807, 2.05) is 13.8 Å². The monoisotopic (exact) mass is 390 g/mol. The molecular weight excluding hydrogens is 364 g/mol. The largest absolute Gasteiger partial charge is 0.476 e. The first-order valence-corrected chi connectivity index (χ1v) is 9.51. The fourth-order valence-corrected chi connectivity index (χ4v) is 3.94. The molecule has 2 fully saturated rings. The SMILES string of the molecule is CC1CN(C(=O)O)C[C@H](C)N1CCOc1cc(C2CCC(=O)NC2=O)ccn1. The lowest BCUT2D eigenvalue weighted by Crippen LogP contribution is -2.58. The number of nitrogens with zero attached hydrogens (tertiary/aromatic N) is 3. The van der Waals surface area contributed by atoms with Gasteiger partial charge >= 0.3 is 6.09 Å². The van der Waals surface area contributed by atoms with Crippen LogP contribution in [0.3, 0.4) is 0 Å². The number of amides is 3. The first kappa shape index (κ1) is 20.1. The maximum Gasteiger partial charge on any atom is 0.407 e. The summed E-state index contributed by atoms with van der Waals surface area (Å²) in [5, 5.41) is 11.5. The Kier molecular flexibility index (Phi) is 6.13. The number of piperazine rings is 1. The van der Waals surface area contributed by atoms with E-state index in [0.717, 1.165) is 5.56 Å². The van der Waals surface area contributed by atoms with Crippen molar-refractivity contribution in [2.45, 2.75) is 44.7 Å². The Bertz CT molecular complexity index is 744. The molecule has 9 heteroatoms. The molecule has 2 N–H and O–H groups in total. The van der Waals surface area contributed by atoms with Crippen LogP contribution in [0.5, 0.6) is 5.88 Å². The highest BCUT2D eigenvalue weighted by Crippen LogP contribution is 2.26. The zero-order chi connectivity index (χ0) is 20.3. The summed E-state index contributed by atoms with van der Waals surface area (Å²) in [5.74, 6) is -0.454. The molecule has 0 aliphatic carbocycles. The summed E-state index contributed by atoms with van der Waals surface area (Å²) in [6.45, 7) is 6.03. The minimum absolute atomic E-state index is 0.103. The number of pyridine rings is 1. The van der Waals surface area contributed by atoms with E-state index in [1.165, 1.54) is 4.90 Å². The summed E-state index contributed by atoms with van der Waals surface area (Å²) >= 11 is 0. The van der Waals surface area contributed by atoms with Crippen molar-refractivity contribution in [3.63, 3.8) is 0 Å². The quantitative estimate of drug-likeness (QED) is 0.723. The van der Waals surface area contributed by atoms with Gasteiger partial charge in [-0.05, 0) is 31.9 Å². The predicted molar refractivity (Wildman–Crippen MR) is 100 cm³/mol. The molecule has 2 aliphatic rings. The third-order valence-corrected chi connectivity index (χ3v) is 5.37. The lowest BCUT2D eigenvalue weighted by atomic mass is 9.91. The molecule has 1 aromatic rings. The fourth-order valence-electron chi connectivity index (χ4n) is 3.94. The number of carbonyl (C=O) groups is 3. The molecule has 0 aromatic carbocycles. The van der Waals surface area contributed by atoms with Gasteiger partial charge in [-0.1, -0.05) is 0 Å². The number of nitrogens with one attached hydrogen (secondary N) is 1. The first-order valence-electron chi connectivity index (χ1n) is 9.51. The maximum atomic E-state index is 12.0. The lowest BCUT2D eigenvalue weighted by molar-refractivity contribution is -0.134. The van der Waals surface area contributed by atoms with Crippen molar-refractivity contribution in [3.05, 3.63) is 23.9 Å². The third kappa shape index (κ3) is 4.59. The van der Waals surface area contributed by atoms with Crippen molar-refractivity contribution in [1.29, 1.82) is 0 Å². The minimum atomic E-state index is -0.885. The topological polar surface area (TPSA) is 112 Å². The second-order valence-electron chi connectivity index (χ2n) is 7.40. The van der Waals surface area contributed by atoms with Crippen molar-refractivity contribution in [2.24, 2.45) is 0 Å². The van der Waals surface area contributed by atoms with Gasteiger partial charge in [-0.25, -0.2) is 9.78 Å². The van der Waals surface area contributed by atoms with E-state index in [4.69, 9.17) is 4.74 Å². The van der Waals surface area contributed by atoms with E-state index >= 15 is 0 Å². The summed E-state index contributed by atoms with van der Waals surface area (Å²) in [6.07, 6.45) is 1.53. The number of carbonyl (C=O) groups excluding carboxylic acids is 2. The molecule has 3 heterocycles. The number of hydrogen-bond acceptors (Lipinski definition) is 6. The van der Waals surface area contributed by atoms with Crippen molar-refractivity contribution in [3.8, 4) is 5.88 Å². The van der Waals surface area contributed by atoms with Crippen LogP contribution >= 0.6 is 0 Å². The minimum Gasteiger partial charge on any atom is -0.476 e. The first-order chi connectivity index (χ1) is 13.3. The lowest BCUT2D eigenvalue weighted by Gasteiger charge is -2.43. The highest BCUT2D eigenvalue weighted by Gasteiger charge is 2.31. The second-order valence-corrected chi connectivity index (χ2v) is 7.40. The fraction of sp³-hybridized carbons (Fsp3) is 0.579. The highest BCUT2D eigenvalue weighted by molar-refractivity contribution is 6.00. The zero-order valence-corrected chi connectivity index (χ0v) is 16.1. The van der Waals surface area contributed by atoms with Crippen molar-refractivity contribution in [1.82, 2.24) is 20.1 Å². The Morgan fingerprint density at radius 1 is 1.32 bits per heavy atom. The van der Waals surface area contributed by atoms with Gasteiger partial charge in [0.2, 0.25) is 17.7 Å². The molecule has 3 rings (SSSR count). The molecule has 2 unspecified atom stereocenters. The second kappa shape index (κ2) is 8.55. The van der Waals surface area contributed by atoms with Gasteiger partial charge in [-0.3, -0.25) is 19.8 Å². The maximum absolute atomic E-state index is 12.0. The molecule has 0 radical (unpaired) electrons. The Labute approximate surface area is 163 Å². The predicted octanol–water partition coefficient (Wildman–Crippen LogP) is 1.05. The number of ether oxygens (including phenoxy) is 1. The number of hydrogen-bond donors (Lipinski definition) is 2. The van der Waals surface area contributed by atoms with Crippen LogP contribution in [-0.2, 0) is 9.59 Å². The highest BCUT2D eigenvalue weighted by atomic mass is 16.5. The van der Waals surface area contributed by atoms with Crippen molar-refractivity contribution in [2.75, 3.05) is 26.2 Å². The van der Waals surface area contributed by atoms with Crippen LogP contribution in [0.25, 0.3) is 0 Å². The molecule has 0 saturated carbocycles. The molecule has 9 nitrogen and oxygen atoms in total. The van der Waals surface area contributed by atoms with Crippen LogP contribution < -0.4 is 10.1 Å². The normalized spacial score (nSPS) is 26.1. The van der Waals surface area contributed by atoms with Crippen molar-refractivity contribution < 1.29 is 24.2 Å². The third-order valence-electron chi connectivity index (χ3n) is 5.37. The summed E-state index contributed by atoms with van der Waals surface area (Å²) < 4.78 is 5.79. The van der Waals surface area contributed by atoms with E-state index in [1.54, 1.807) is 18.3 Å². The van der Waals surface area contributed by atoms with Gasteiger partial charge in [-0.2, -0.15) is 0 Å². The summed E-state index contributed by atoms with van der Waals surface area (Å²) in [4.78, 5) is 42.4. The van der Waals surface area contributed by atoms with Gasteiger partial charge in [-0.15, -0.1) is 0 Å². The van der Waals surface area contributed by atoms with E-state index in [2.05, 4.69) is 15.2 Å². The Morgan fingerprint density at radius 2 is 2.04 bits per heavy atom. The molecule has 2 saturated heterocycles. The molecule has 28 heavy (non-hydrogen) atoms. The van der Waals surface area contributed by atoms with E-state index in [9.17, 15) is 19.5 Å². The zero-order valence-electron chi connectivity index (χ0n) is 16.1. The molecule has 0 spiro atoms. The number of imide groups is 1. The molecule has 3 amide bonds. The van der Waals surface area contributed by atoms with Gasteiger partial charge in [0.25, 0.3) is 0 Å². The van der Waals surface area contributed by atoms with Crippen LogP contribution in [-0.4, -0.2) is 76.1 Å². The van der Waals surface area contributed by atoms with Crippen LogP contribution in [0.4, 0.5) is 4.79 Å². The average molecular weight is 390 g/mol. The number of carboxylic acid groups (broad SMARTS) is 1. The summed E-state index contributed by atoms with van der Waals surface area (Å²) in [5.41, 5.74) is 0.784. The number of rotatable bonds is 5. The Hall–Kier alpha value is -2.68. The van der Waals surface area contributed by atoms with Crippen molar-refractivity contribution >= 4 is 17.9 Å². The molecule has 2 aliphatic heterocycles. The van der Waals surface area contributed by atoms with Gasteiger partial charge < -0.3 is 14.7 Å². The van der Waals surface area contributed by atoms with Crippen LogP contribution in [0.1, 0.15) is 38.2 Å².